The number of aryl methyl sites for hydroxylation is 1. The zero-order valence-electron chi connectivity index (χ0n) is 15.7. The van der Waals surface area contributed by atoms with Crippen molar-refractivity contribution in [2.45, 2.75) is 38.0 Å². The van der Waals surface area contributed by atoms with Gasteiger partial charge in [-0.1, -0.05) is 67.8 Å². The van der Waals surface area contributed by atoms with Crippen molar-refractivity contribution < 1.29 is 0 Å². The topological polar surface area (TPSA) is 4.93 Å². The Morgan fingerprint density at radius 1 is 0.741 bits per heavy atom. The third kappa shape index (κ3) is 2.17. The minimum atomic E-state index is 0.749. The molecule has 1 nitrogen and oxygen atoms in total. The molecule has 0 aliphatic heterocycles. The van der Waals surface area contributed by atoms with Gasteiger partial charge in [-0.25, -0.2) is 0 Å². The highest BCUT2D eigenvalue weighted by atomic mass is 32.1. The summed E-state index contributed by atoms with van der Waals surface area (Å²) in [7, 11) is 2.22. The smallest absolute Gasteiger partial charge is 0.0670 e. The van der Waals surface area contributed by atoms with Crippen LogP contribution in [-0.4, -0.2) is 4.57 Å². The average Bonchev–Trinajstić information content (AvgIpc) is 3.25. The maximum absolute atomic E-state index is 2.40. The third-order valence-corrected chi connectivity index (χ3v) is 7.88. The van der Waals surface area contributed by atoms with Crippen LogP contribution in [0.1, 0.15) is 43.6 Å². The van der Waals surface area contributed by atoms with Crippen LogP contribution in [0.3, 0.4) is 0 Å². The first kappa shape index (κ1) is 15.7. The standard InChI is InChI=1S/C25H23NS/c1-26-22-13-6-5-10-18(22)19-14-15-21-20-12-7-11-17(16-8-3-2-4-9-16)24(20)27-25(21)23(19)26/h5-7,10-16H,2-4,8-9H2,1H3. The third-order valence-electron chi connectivity index (χ3n) is 6.61. The maximum Gasteiger partial charge on any atom is 0.0670 e. The van der Waals surface area contributed by atoms with Crippen LogP contribution in [0.15, 0.2) is 54.6 Å². The van der Waals surface area contributed by atoms with Crippen molar-refractivity contribution in [3.05, 3.63) is 60.2 Å². The minimum absolute atomic E-state index is 0.749. The van der Waals surface area contributed by atoms with Crippen molar-refractivity contribution in [2.75, 3.05) is 0 Å². The van der Waals surface area contributed by atoms with Crippen molar-refractivity contribution >= 4 is 53.3 Å². The number of hydrogen-bond acceptors (Lipinski definition) is 1. The van der Waals surface area contributed by atoms with Gasteiger partial charge < -0.3 is 4.57 Å². The lowest BCUT2D eigenvalue weighted by Gasteiger charge is -2.22. The highest BCUT2D eigenvalue weighted by Gasteiger charge is 2.21. The quantitative estimate of drug-likeness (QED) is 0.285. The Morgan fingerprint density at radius 3 is 2.37 bits per heavy atom. The zero-order chi connectivity index (χ0) is 18.0. The van der Waals surface area contributed by atoms with Crippen LogP contribution in [0.5, 0.6) is 0 Å². The van der Waals surface area contributed by atoms with Gasteiger partial charge >= 0.3 is 0 Å². The predicted molar refractivity (Wildman–Crippen MR) is 119 cm³/mol. The van der Waals surface area contributed by atoms with Gasteiger partial charge in [-0.15, -0.1) is 11.3 Å². The van der Waals surface area contributed by atoms with Crippen LogP contribution in [0, 0.1) is 0 Å². The lowest BCUT2D eigenvalue weighted by molar-refractivity contribution is 0.446. The Morgan fingerprint density at radius 2 is 1.48 bits per heavy atom. The fraction of sp³-hybridized carbons (Fsp3) is 0.280. The number of thiophene rings is 1. The molecule has 2 heterocycles. The van der Waals surface area contributed by atoms with E-state index in [1.807, 2.05) is 11.3 Å². The normalized spacial score (nSPS) is 16.2. The summed E-state index contributed by atoms with van der Waals surface area (Å²) in [4.78, 5) is 0. The number of para-hydroxylation sites is 1. The van der Waals surface area contributed by atoms with Crippen molar-refractivity contribution in [1.82, 2.24) is 4.57 Å². The first-order chi connectivity index (χ1) is 13.3. The van der Waals surface area contributed by atoms with E-state index in [9.17, 15) is 0 Å². The van der Waals surface area contributed by atoms with Crippen LogP contribution in [0.4, 0.5) is 0 Å². The van der Waals surface area contributed by atoms with Gasteiger partial charge in [0.1, 0.15) is 0 Å². The average molecular weight is 370 g/mol. The number of aromatic nitrogens is 1. The van der Waals surface area contributed by atoms with Gasteiger partial charge in [0.15, 0.2) is 0 Å². The number of benzene rings is 3. The summed E-state index contributed by atoms with van der Waals surface area (Å²) in [6.45, 7) is 0. The molecule has 5 aromatic rings. The molecule has 1 aliphatic carbocycles. The van der Waals surface area contributed by atoms with Gasteiger partial charge in [0, 0.05) is 38.8 Å². The molecule has 0 N–H and O–H groups in total. The van der Waals surface area contributed by atoms with Crippen LogP contribution in [0.2, 0.25) is 0 Å². The molecule has 2 aromatic heterocycles. The van der Waals surface area contributed by atoms with E-state index in [1.165, 1.54) is 74.1 Å². The molecular weight excluding hydrogens is 346 g/mol. The van der Waals surface area contributed by atoms with E-state index in [-0.39, 0.29) is 0 Å². The fourth-order valence-electron chi connectivity index (χ4n) is 5.27. The summed E-state index contributed by atoms with van der Waals surface area (Å²) in [6, 6.07) is 20.5. The van der Waals surface area contributed by atoms with Gasteiger partial charge in [0.25, 0.3) is 0 Å². The van der Waals surface area contributed by atoms with E-state index in [0.717, 1.165) is 5.92 Å². The van der Waals surface area contributed by atoms with Gasteiger partial charge in [-0.05, 0) is 30.4 Å². The Balaban J connectivity index is 1.72. The molecular formula is C25H23NS. The second-order valence-electron chi connectivity index (χ2n) is 8.08. The second-order valence-corrected chi connectivity index (χ2v) is 9.10. The SMILES string of the molecule is Cn1c2ccccc2c2ccc3c4cccc(C5CCCCC5)c4sc3c21. The van der Waals surface area contributed by atoms with E-state index in [0.29, 0.717) is 0 Å². The van der Waals surface area contributed by atoms with Crippen molar-refractivity contribution in [2.24, 2.45) is 7.05 Å². The van der Waals surface area contributed by atoms with E-state index in [1.54, 1.807) is 5.56 Å². The molecule has 0 unspecified atom stereocenters. The lowest BCUT2D eigenvalue weighted by Crippen LogP contribution is -2.04. The van der Waals surface area contributed by atoms with Gasteiger partial charge in [0.05, 0.1) is 10.2 Å². The van der Waals surface area contributed by atoms with E-state index < -0.39 is 0 Å². The molecule has 27 heavy (non-hydrogen) atoms. The van der Waals surface area contributed by atoms with Crippen LogP contribution in [-0.2, 0) is 7.05 Å². The number of fused-ring (bicyclic) bond motifs is 7. The maximum atomic E-state index is 2.40. The molecule has 134 valence electrons. The monoisotopic (exact) mass is 369 g/mol. The molecule has 0 amide bonds. The molecule has 0 radical (unpaired) electrons. The highest BCUT2D eigenvalue weighted by Crippen LogP contribution is 2.45. The van der Waals surface area contributed by atoms with Crippen LogP contribution < -0.4 is 0 Å². The molecule has 1 saturated carbocycles. The molecule has 1 aliphatic rings. The summed E-state index contributed by atoms with van der Waals surface area (Å²) >= 11 is 2.02. The molecule has 0 bridgehead atoms. The highest BCUT2D eigenvalue weighted by molar-refractivity contribution is 7.26. The van der Waals surface area contributed by atoms with E-state index in [4.69, 9.17) is 0 Å². The van der Waals surface area contributed by atoms with Crippen molar-refractivity contribution in [1.29, 1.82) is 0 Å². The number of rotatable bonds is 1. The number of nitrogens with zero attached hydrogens (tertiary/aromatic N) is 1. The molecule has 0 spiro atoms. The molecule has 3 aromatic carbocycles. The second kappa shape index (κ2) is 5.84. The van der Waals surface area contributed by atoms with Crippen molar-refractivity contribution in [3.8, 4) is 0 Å². The summed E-state index contributed by atoms with van der Waals surface area (Å²) in [6.07, 6.45) is 6.90. The summed E-state index contributed by atoms with van der Waals surface area (Å²) in [5.41, 5.74) is 4.31. The predicted octanol–water partition coefficient (Wildman–Crippen LogP) is 7.75. The van der Waals surface area contributed by atoms with E-state index in [2.05, 4.69) is 66.2 Å². The Labute approximate surface area is 163 Å². The first-order valence-corrected chi connectivity index (χ1v) is 11.0. The summed E-state index contributed by atoms with van der Waals surface area (Å²) in [5, 5.41) is 5.62. The molecule has 2 heteroatoms. The molecule has 0 saturated heterocycles. The summed E-state index contributed by atoms with van der Waals surface area (Å²) in [5.74, 6) is 0.749. The van der Waals surface area contributed by atoms with Gasteiger partial charge in [0.2, 0.25) is 0 Å². The van der Waals surface area contributed by atoms with Gasteiger partial charge in [-0.2, -0.15) is 0 Å². The largest absolute Gasteiger partial charge is 0.342 e. The summed E-state index contributed by atoms with van der Waals surface area (Å²) < 4.78 is 5.37. The van der Waals surface area contributed by atoms with Gasteiger partial charge in [-0.3, -0.25) is 0 Å². The van der Waals surface area contributed by atoms with E-state index >= 15 is 0 Å². The Kier molecular flexibility index (Phi) is 3.40. The molecule has 1 fully saturated rings. The lowest BCUT2D eigenvalue weighted by atomic mass is 9.84. The van der Waals surface area contributed by atoms with Crippen LogP contribution in [0.25, 0.3) is 42.0 Å². The zero-order valence-corrected chi connectivity index (χ0v) is 16.5. The first-order valence-electron chi connectivity index (χ1n) is 10.1. The molecule has 0 atom stereocenters. The van der Waals surface area contributed by atoms with Crippen LogP contribution >= 0.6 is 11.3 Å². The van der Waals surface area contributed by atoms with Crippen molar-refractivity contribution in [3.63, 3.8) is 0 Å². The minimum Gasteiger partial charge on any atom is -0.342 e. The number of hydrogen-bond donors (Lipinski definition) is 0. The molecule has 6 rings (SSSR count). The fourth-order valence-corrected chi connectivity index (χ4v) is 6.75. The Bertz CT molecular complexity index is 1310. The Hall–Kier alpha value is -2.32.